The third kappa shape index (κ3) is 6.77. The zero-order chi connectivity index (χ0) is 22.2. The Morgan fingerprint density at radius 3 is 2.26 bits per heavy atom. The molecule has 170 valence electrons. The molecular weight excluding hydrogens is 399 g/mol. The molecule has 7 heteroatoms. The van der Waals surface area contributed by atoms with E-state index in [-0.39, 0.29) is 36.2 Å². The average molecular weight is 433 g/mol. The zero-order valence-electron chi connectivity index (χ0n) is 18.3. The molecule has 0 heterocycles. The minimum atomic E-state index is -0.701. The van der Waals surface area contributed by atoms with E-state index in [9.17, 15) is 18.8 Å². The van der Waals surface area contributed by atoms with Gasteiger partial charge in [0.05, 0.1) is 0 Å². The Morgan fingerprint density at radius 1 is 1.03 bits per heavy atom. The van der Waals surface area contributed by atoms with Crippen LogP contribution < -0.4 is 5.32 Å². The first-order valence-corrected chi connectivity index (χ1v) is 11.4. The van der Waals surface area contributed by atoms with Crippen molar-refractivity contribution in [3.63, 3.8) is 0 Å². The SMILES string of the molecule is CC(=O)NC(C(=O)OCC(=O)N(Cc1ccc(F)cc1)C1CCCCC1)C1CCCC1. The van der Waals surface area contributed by atoms with Gasteiger partial charge in [0, 0.05) is 19.5 Å². The summed E-state index contributed by atoms with van der Waals surface area (Å²) in [6, 6.07) is 5.52. The van der Waals surface area contributed by atoms with E-state index >= 15 is 0 Å². The van der Waals surface area contributed by atoms with Gasteiger partial charge in [-0.05, 0) is 49.3 Å². The molecule has 2 aliphatic carbocycles. The van der Waals surface area contributed by atoms with E-state index in [0.717, 1.165) is 63.4 Å². The number of rotatable bonds is 8. The Kier molecular flexibility index (Phi) is 8.43. The Morgan fingerprint density at radius 2 is 1.65 bits per heavy atom. The van der Waals surface area contributed by atoms with Crippen LogP contribution in [-0.2, 0) is 25.7 Å². The van der Waals surface area contributed by atoms with Crippen molar-refractivity contribution in [2.75, 3.05) is 6.61 Å². The normalized spacial score (nSPS) is 18.4. The fraction of sp³-hybridized carbons (Fsp3) is 0.625. The maximum Gasteiger partial charge on any atom is 0.329 e. The topological polar surface area (TPSA) is 75.7 Å². The molecule has 2 amide bonds. The van der Waals surface area contributed by atoms with Crippen LogP contribution in [0.1, 0.15) is 70.3 Å². The molecule has 3 rings (SSSR count). The minimum Gasteiger partial charge on any atom is -0.454 e. The number of hydrogen-bond acceptors (Lipinski definition) is 4. The lowest BCUT2D eigenvalue weighted by atomic mass is 9.93. The van der Waals surface area contributed by atoms with Crippen LogP contribution >= 0.6 is 0 Å². The van der Waals surface area contributed by atoms with Gasteiger partial charge in [0.15, 0.2) is 6.61 Å². The molecule has 0 saturated heterocycles. The third-order valence-electron chi connectivity index (χ3n) is 6.42. The van der Waals surface area contributed by atoms with Crippen molar-refractivity contribution in [2.24, 2.45) is 5.92 Å². The lowest BCUT2D eigenvalue weighted by molar-refractivity contribution is -0.157. The molecule has 2 aliphatic rings. The summed E-state index contributed by atoms with van der Waals surface area (Å²) >= 11 is 0. The number of hydrogen-bond donors (Lipinski definition) is 1. The molecule has 0 radical (unpaired) electrons. The van der Waals surface area contributed by atoms with E-state index in [1.165, 1.54) is 19.1 Å². The van der Waals surface area contributed by atoms with Crippen LogP contribution in [0.25, 0.3) is 0 Å². The van der Waals surface area contributed by atoms with Crippen molar-refractivity contribution < 1.29 is 23.5 Å². The standard InChI is InChI=1S/C24H33FN2O4/c1-17(28)26-23(19-7-5-6-8-19)24(30)31-16-22(29)27(21-9-3-2-4-10-21)15-18-11-13-20(25)14-12-18/h11-14,19,21,23H,2-10,15-16H2,1H3,(H,26,28). The number of carbonyl (C=O) groups is 3. The predicted molar refractivity (Wildman–Crippen MR) is 114 cm³/mol. The van der Waals surface area contributed by atoms with Crippen LogP contribution in [0.15, 0.2) is 24.3 Å². The molecule has 1 aromatic rings. The summed E-state index contributed by atoms with van der Waals surface area (Å²) in [6.07, 6.45) is 8.90. The van der Waals surface area contributed by atoms with Crippen LogP contribution in [0.4, 0.5) is 4.39 Å². The molecule has 2 saturated carbocycles. The zero-order valence-corrected chi connectivity index (χ0v) is 18.3. The summed E-state index contributed by atoms with van der Waals surface area (Å²) < 4.78 is 18.7. The maximum absolute atomic E-state index is 13.3. The number of ether oxygens (including phenoxy) is 1. The fourth-order valence-electron chi connectivity index (χ4n) is 4.78. The van der Waals surface area contributed by atoms with Crippen molar-refractivity contribution in [1.82, 2.24) is 10.2 Å². The maximum atomic E-state index is 13.3. The average Bonchev–Trinajstić information content (AvgIpc) is 3.30. The van der Waals surface area contributed by atoms with Gasteiger partial charge in [-0.1, -0.05) is 44.2 Å². The first-order valence-electron chi connectivity index (χ1n) is 11.4. The second-order valence-electron chi connectivity index (χ2n) is 8.77. The second-order valence-corrected chi connectivity index (χ2v) is 8.77. The van der Waals surface area contributed by atoms with Gasteiger partial charge in [-0.3, -0.25) is 9.59 Å². The summed E-state index contributed by atoms with van der Waals surface area (Å²) in [5.41, 5.74) is 0.841. The lowest BCUT2D eigenvalue weighted by Crippen LogP contribution is -2.47. The van der Waals surface area contributed by atoms with Gasteiger partial charge in [0.1, 0.15) is 11.9 Å². The van der Waals surface area contributed by atoms with Crippen molar-refractivity contribution in [3.05, 3.63) is 35.6 Å². The monoisotopic (exact) mass is 432 g/mol. The summed E-state index contributed by atoms with van der Waals surface area (Å²) in [5, 5.41) is 2.71. The molecule has 2 fully saturated rings. The van der Waals surface area contributed by atoms with E-state index < -0.39 is 12.0 Å². The van der Waals surface area contributed by atoms with Crippen molar-refractivity contribution >= 4 is 17.8 Å². The fourth-order valence-corrected chi connectivity index (χ4v) is 4.78. The van der Waals surface area contributed by atoms with Gasteiger partial charge in [0.2, 0.25) is 5.91 Å². The van der Waals surface area contributed by atoms with E-state index in [1.807, 2.05) is 0 Å². The Hall–Kier alpha value is -2.44. The highest BCUT2D eigenvalue weighted by Crippen LogP contribution is 2.29. The van der Waals surface area contributed by atoms with Gasteiger partial charge in [-0.2, -0.15) is 0 Å². The number of nitrogens with zero attached hydrogens (tertiary/aromatic N) is 1. The van der Waals surface area contributed by atoms with Gasteiger partial charge >= 0.3 is 5.97 Å². The molecular formula is C24H33FN2O4. The summed E-state index contributed by atoms with van der Waals surface area (Å²) in [4.78, 5) is 39.1. The molecule has 31 heavy (non-hydrogen) atoms. The number of halogens is 1. The van der Waals surface area contributed by atoms with Crippen LogP contribution in [0.2, 0.25) is 0 Å². The quantitative estimate of drug-likeness (QED) is 0.635. The largest absolute Gasteiger partial charge is 0.454 e. The minimum absolute atomic E-state index is 0.0557. The summed E-state index contributed by atoms with van der Waals surface area (Å²) in [6.45, 7) is 1.40. The molecule has 0 bridgehead atoms. The first kappa shape index (κ1) is 23.2. The smallest absolute Gasteiger partial charge is 0.329 e. The Balaban J connectivity index is 1.64. The highest BCUT2D eigenvalue weighted by molar-refractivity contribution is 5.86. The van der Waals surface area contributed by atoms with Crippen LogP contribution in [0.5, 0.6) is 0 Å². The Bertz CT molecular complexity index is 755. The number of esters is 1. The highest BCUT2D eigenvalue weighted by atomic mass is 19.1. The molecule has 0 aromatic heterocycles. The van der Waals surface area contributed by atoms with Gasteiger partial charge in [-0.25, -0.2) is 9.18 Å². The second kappa shape index (κ2) is 11.3. The summed E-state index contributed by atoms with van der Waals surface area (Å²) in [7, 11) is 0. The lowest BCUT2D eigenvalue weighted by Gasteiger charge is -2.34. The highest BCUT2D eigenvalue weighted by Gasteiger charge is 2.33. The molecule has 0 spiro atoms. The van der Waals surface area contributed by atoms with Crippen LogP contribution in [0, 0.1) is 11.7 Å². The van der Waals surface area contributed by atoms with E-state index in [4.69, 9.17) is 4.74 Å². The van der Waals surface area contributed by atoms with E-state index in [1.54, 1.807) is 17.0 Å². The first-order chi connectivity index (χ1) is 14.9. The number of nitrogens with one attached hydrogen (secondary N) is 1. The van der Waals surface area contributed by atoms with Crippen molar-refractivity contribution in [1.29, 1.82) is 0 Å². The van der Waals surface area contributed by atoms with Crippen LogP contribution in [-0.4, -0.2) is 41.4 Å². The van der Waals surface area contributed by atoms with Crippen molar-refractivity contribution in [2.45, 2.75) is 83.3 Å². The van der Waals surface area contributed by atoms with Crippen LogP contribution in [0.3, 0.4) is 0 Å². The number of amides is 2. The van der Waals surface area contributed by atoms with Gasteiger partial charge < -0.3 is 15.0 Å². The van der Waals surface area contributed by atoms with E-state index in [2.05, 4.69) is 5.32 Å². The molecule has 0 aliphatic heterocycles. The third-order valence-corrected chi connectivity index (χ3v) is 6.42. The number of benzene rings is 1. The molecule has 1 N–H and O–H groups in total. The molecule has 1 unspecified atom stereocenters. The van der Waals surface area contributed by atoms with Crippen molar-refractivity contribution in [3.8, 4) is 0 Å². The predicted octanol–water partition coefficient (Wildman–Crippen LogP) is 3.73. The van der Waals surface area contributed by atoms with E-state index in [0.29, 0.717) is 6.54 Å². The molecule has 6 nitrogen and oxygen atoms in total. The van der Waals surface area contributed by atoms with Gasteiger partial charge in [-0.15, -0.1) is 0 Å². The molecule has 1 atom stereocenters. The summed E-state index contributed by atoms with van der Waals surface area (Å²) in [5.74, 6) is -1.33. The molecule has 1 aromatic carbocycles. The van der Waals surface area contributed by atoms with Gasteiger partial charge in [0.25, 0.3) is 5.91 Å². The Labute approximate surface area is 183 Å². The number of carbonyl (C=O) groups excluding carboxylic acids is 3.